The number of nitrogens with two attached hydrogens (primary N) is 1. The Bertz CT molecular complexity index is 508. The second-order valence-electron chi connectivity index (χ2n) is 6.61. The highest BCUT2D eigenvalue weighted by Gasteiger charge is 2.42. The van der Waals surface area contributed by atoms with E-state index < -0.39 is 5.54 Å². The summed E-state index contributed by atoms with van der Waals surface area (Å²) in [5, 5.41) is 3.69. The lowest BCUT2D eigenvalue weighted by atomic mass is 9.81. The molecule has 1 unspecified atom stereocenters. The van der Waals surface area contributed by atoms with Crippen LogP contribution in [-0.2, 0) is 16.8 Å². The number of primary amides is 1. The maximum absolute atomic E-state index is 12.4. The summed E-state index contributed by atoms with van der Waals surface area (Å²) >= 11 is 0. The number of aryl methyl sites for hydroxylation is 1. The summed E-state index contributed by atoms with van der Waals surface area (Å²) in [5.74, 6) is -0.206. The van der Waals surface area contributed by atoms with Gasteiger partial charge in [0.15, 0.2) is 0 Å². The van der Waals surface area contributed by atoms with Crippen LogP contribution in [0.15, 0.2) is 24.3 Å². The summed E-state index contributed by atoms with van der Waals surface area (Å²) in [6, 6.07) is 8.78. The van der Waals surface area contributed by atoms with Gasteiger partial charge in [0.1, 0.15) is 5.54 Å². The molecule has 114 valence electrons. The molecule has 0 heterocycles. The Morgan fingerprint density at radius 1 is 1.10 bits per heavy atom. The lowest BCUT2D eigenvalue weighted by Crippen LogP contribution is -2.56. The van der Waals surface area contributed by atoms with Crippen LogP contribution in [0.5, 0.6) is 0 Å². The standard InChI is InChI=1S/C18H26N2O/c19-17(21)18(20-15-10-2-1-3-11-15)13-7-6-9-14-8-4-5-12-16(14)18/h4-5,8,12,15,20H,1-3,6-7,9-11,13H2,(H2,19,21). The minimum atomic E-state index is -0.658. The molecule has 3 nitrogen and oxygen atoms in total. The summed E-state index contributed by atoms with van der Waals surface area (Å²) in [7, 11) is 0. The number of fused-ring (bicyclic) bond motifs is 1. The number of hydrogen-bond donors (Lipinski definition) is 2. The van der Waals surface area contributed by atoms with E-state index >= 15 is 0 Å². The van der Waals surface area contributed by atoms with Gasteiger partial charge in [-0.2, -0.15) is 0 Å². The molecule has 21 heavy (non-hydrogen) atoms. The molecule has 1 aromatic carbocycles. The topological polar surface area (TPSA) is 55.1 Å². The molecule has 1 fully saturated rings. The van der Waals surface area contributed by atoms with Crippen LogP contribution in [0.3, 0.4) is 0 Å². The fraction of sp³-hybridized carbons (Fsp3) is 0.611. The monoisotopic (exact) mass is 286 g/mol. The first kappa shape index (κ1) is 14.6. The third-order valence-corrected chi connectivity index (χ3v) is 5.20. The van der Waals surface area contributed by atoms with Gasteiger partial charge in [0.2, 0.25) is 5.91 Å². The average molecular weight is 286 g/mol. The van der Waals surface area contributed by atoms with Crippen molar-refractivity contribution in [2.24, 2.45) is 5.73 Å². The van der Waals surface area contributed by atoms with Gasteiger partial charge in [-0.15, -0.1) is 0 Å². The van der Waals surface area contributed by atoms with Crippen LogP contribution < -0.4 is 11.1 Å². The van der Waals surface area contributed by atoms with Gasteiger partial charge < -0.3 is 5.73 Å². The maximum Gasteiger partial charge on any atom is 0.242 e. The van der Waals surface area contributed by atoms with Gasteiger partial charge in [-0.05, 0) is 43.2 Å². The molecular formula is C18H26N2O. The fourth-order valence-electron chi connectivity index (χ4n) is 4.07. The van der Waals surface area contributed by atoms with E-state index in [4.69, 9.17) is 5.73 Å². The van der Waals surface area contributed by atoms with E-state index in [-0.39, 0.29) is 5.91 Å². The molecule has 3 N–H and O–H groups in total. The third kappa shape index (κ3) is 2.84. The van der Waals surface area contributed by atoms with Crippen LogP contribution in [0.2, 0.25) is 0 Å². The Labute approximate surface area is 127 Å². The number of rotatable bonds is 3. The van der Waals surface area contributed by atoms with Crippen LogP contribution >= 0.6 is 0 Å². The van der Waals surface area contributed by atoms with Crippen LogP contribution in [0, 0.1) is 0 Å². The Hall–Kier alpha value is -1.35. The Morgan fingerprint density at radius 2 is 1.86 bits per heavy atom. The largest absolute Gasteiger partial charge is 0.368 e. The Balaban J connectivity index is 1.97. The summed E-state index contributed by atoms with van der Waals surface area (Å²) in [6.07, 6.45) is 10.2. The molecule has 0 radical (unpaired) electrons. The first-order chi connectivity index (χ1) is 10.2. The molecule has 0 spiro atoms. The highest BCUT2D eigenvalue weighted by Crippen LogP contribution is 2.36. The Morgan fingerprint density at radius 3 is 2.62 bits per heavy atom. The molecule has 3 heteroatoms. The van der Waals surface area contributed by atoms with Crippen molar-refractivity contribution >= 4 is 5.91 Å². The quantitative estimate of drug-likeness (QED) is 0.839. The van der Waals surface area contributed by atoms with Gasteiger partial charge >= 0.3 is 0 Å². The van der Waals surface area contributed by atoms with E-state index in [9.17, 15) is 4.79 Å². The molecule has 2 aliphatic carbocycles. The van der Waals surface area contributed by atoms with Gasteiger partial charge in [0.25, 0.3) is 0 Å². The lowest BCUT2D eigenvalue weighted by Gasteiger charge is -2.38. The van der Waals surface area contributed by atoms with E-state index in [0.717, 1.165) is 44.1 Å². The van der Waals surface area contributed by atoms with E-state index in [2.05, 4.69) is 23.5 Å². The molecule has 0 aliphatic heterocycles. The van der Waals surface area contributed by atoms with Crippen molar-refractivity contribution in [2.45, 2.75) is 69.4 Å². The zero-order chi connectivity index (χ0) is 14.7. The number of nitrogens with one attached hydrogen (secondary N) is 1. The minimum Gasteiger partial charge on any atom is -0.368 e. The molecule has 0 saturated heterocycles. The highest BCUT2D eigenvalue weighted by molar-refractivity contribution is 5.86. The predicted octanol–water partition coefficient (Wildman–Crippen LogP) is 3.02. The van der Waals surface area contributed by atoms with E-state index in [0.29, 0.717) is 6.04 Å². The fourth-order valence-corrected chi connectivity index (χ4v) is 4.07. The normalized spacial score (nSPS) is 26.9. The molecule has 2 aliphatic rings. The van der Waals surface area contributed by atoms with Crippen LogP contribution in [0.25, 0.3) is 0 Å². The number of carbonyl (C=O) groups is 1. The number of benzene rings is 1. The van der Waals surface area contributed by atoms with Crippen molar-refractivity contribution in [2.75, 3.05) is 0 Å². The van der Waals surface area contributed by atoms with Crippen LogP contribution in [0.1, 0.15) is 62.5 Å². The molecule has 0 aromatic heterocycles. The highest BCUT2D eigenvalue weighted by atomic mass is 16.1. The zero-order valence-electron chi connectivity index (χ0n) is 12.7. The smallest absolute Gasteiger partial charge is 0.242 e. The predicted molar refractivity (Wildman–Crippen MR) is 84.9 cm³/mol. The van der Waals surface area contributed by atoms with Crippen molar-refractivity contribution in [3.8, 4) is 0 Å². The summed E-state index contributed by atoms with van der Waals surface area (Å²) < 4.78 is 0. The average Bonchev–Trinajstić information content (AvgIpc) is 2.69. The van der Waals surface area contributed by atoms with Crippen LogP contribution in [-0.4, -0.2) is 11.9 Å². The summed E-state index contributed by atoms with van der Waals surface area (Å²) in [5.41, 5.74) is 7.66. The van der Waals surface area contributed by atoms with Crippen molar-refractivity contribution in [1.82, 2.24) is 5.32 Å². The lowest BCUT2D eigenvalue weighted by molar-refractivity contribution is -0.125. The van der Waals surface area contributed by atoms with Crippen molar-refractivity contribution in [3.05, 3.63) is 35.4 Å². The molecule has 0 bridgehead atoms. The van der Waals surface area contributed by atoms with Crippen molar-refractivity contribution in [3.63, 3.8) is 0 Å². The molecule has 1 amide bonds. The van der Waals surface area contributed by atoms with Gasteiger partial charge in [0, 0.05) is 6.04 Å². The molecule has 3 rings (SSSR count). The van der Waals surface area contributed by atoms with E-state index in [1.807, 2.05) is 6.07 Å². The zero-order valence-corrected chi connectivity index (χ0v) is 12.7. The SMILES string of the molecule is NC(=O)C1(NC2CCCCC2)CCCCc2ccccc21. The molecule has 1 saturated carbocycles. The minimum absolute atomic E-state index is 0.206. The second-order valence-corrected chi connectivity index (χ2v) is 6.61. The number of carbonyl (C=O) groups excluding carboxylic acids is 1. The van der Waals surface area contributed by atoms with E-state index in [1.165, 1.54) is 24.8 Å². The van der Waals surface area contributed by atoms with Crippen molar-refractivity contribution < 1.29 is 4.79 Å². The van der Waals surface area contributed by atoms with Gasteiger partial charge in [-0.3, -0.25) is 10.1 Å². The number of amides is 1. The van der Waals surface area contributed by atoms with Crippen molar-refractivity contribution in [1.29, 1.82) is 0 Å². The van der Waals surface area contributed by atoms with E-state index in [1.54, 1.807) is 0 Å². The Kier molecular flexibility index (Phi) is 4.29. The second kappa shape index (κ2) is 6.18. The first-order valence-corrected chi connectivity index (χ1v) is 8.38. The van der Waals surface area contributed by atoms with Gasteiger partial charge in [0.05, 0.1) is 0 Å². The first-order valence-electron chi connectivity index (χ1n) is 8.38. The maximum atomic E-state index is 12.4. The summed E-state index contributed by atoms with van der Waals surface area (Å²) in [6.45, 7) is 0. The molecule has 1 aromatic rings. The third-order valence-electron chi connectivity index (χ3n) is 5.20. The van der Waals surface area contributed by atoms with Gasteiger partial charge in [-0.1, -0.05) is 49.9 Å². The van der Waals surface area contributed by atoms with Gasteiger partial charge in [-0.25, -0.2) is 0 Å². The molecular weight excluding hydrogens is 260 g/mol. The molecule has 1 atom stereocenters. The summed E-state index contributed by atoms with van der Waals surface area (Å²) in [4.78, 5) is 12.4. The van der Waals surface area contributed by atoms with Crippen LogP contribution in [0.4, 0.5) is 0 Å². The number of hydrogen-bond acceptors (Lipinski definition) is 2.